The molecule has 0 bridgehead atoms. The molecule has 1 aliphatic heterocycles. The highest BCUT2D eigenvalue weighted by Gasteiger charge is 2.47. The Hall–Kier alpha value is -2.89. The van der Waals surface area contributed by atoms with Gasteiger partial charge in [-0.25, -0.2) is 0 Å². The number of aliphatic carboxylic acids is 2. The maximum atomic E-state index is 11.8. The summed E-state index contributed by atoms with van der Waals surface area (Å²) in [5.74, 6) is -6.04. The Morgan fingerprint density at radius 3 is 2.30 bits per heavy atom. The molecule has 1 heterocycles. The van der Waals surface area contributed by atoms with Crippen LogP contribution in [0.25, 0.3) is 10.4 Å². The minimum absolute atomic E-state index is 0.389. The fraction of sp³-hybridized carbons (Fsp3) is 0.714. The quantitative estimate of drug-likeness (QED) is 0.169. The number of carboxylic acids is 2. The fourth-order valence-corrected chi connectivity index (χ4v) is 2.95. The Morgan fingerprint density at radius 2 is 1.78 bits per heavy atom. The number of rotatable bonds is 9. The van der Waals surface area contributed by atoms with Gasteiger partial charge in [-0.05, 0) is 5.53 Å². The topological polar surface area (TPSA) is 208 Å². The second kappa shape index (κ2) is 10.3. The van der Waals surface area contributed by atoms with E-state index in [1.807, 2.05) is 0 Å². The number of hydrogen-bond acceptors (Lipinski definition) is 8. The van der Waals surface area contributed by atoms with Crippen molar-refractivity contribution < 1.29 is 44.0 Å². The van der Waals surface area contributed by atoms with E-state index in [1.54, 1.807) is 0 Å². The number of carbonyl (C=O) groups is 4. The lowest BCUT2D eigenvalue weighted by atomic mass is 9.75. The molecular formula is C14H20N4O9. The van der Waals surface area contributed by atoms with Gasteiger partial charge in [0.2, 0.25) is 5.91 Å². The average molecular weight is 388 g/mol. The summed E-state index contributed by atoms with van der Waals surface area (Å²) in [7, 11) is 0. The summed E-state index contributed by atoms with van der Waals surface area (Å²) in [5.41, 5.74) is 8.24. The average Bonchev–Trinajstić information content (AvgIpc) is 2.56. The van der Waals surface area contributed by atoms with Crippen molar-refractivity contribution in [1.82, 2.24) is 5.32 Å². The molecule has 0 radical (unpaired) electrons. The molecule has 13 nitrogen and oxygen atoms in total. The monoisotopic (exact) mass is 388 g/mol. The lowest BCUT2D eigenvalue weighted by molar-refractivity contribution is -0.231. The van der Waals surface area contributed by atoms with Crippen LogP contribution in [-0.2, 0) is 28.7 Å². The molecule has 0 spiro atoms. The summed E-state index contributed by atoms with van der Waals surface area (Å²) in [6, 6.07) is -1.26. The number of hydrogen-bond donors (Lipinski definition) is 4. The van der Waals surface area contributed by atoms with Crippen LogP contribution in [0.3, 0.4) is 0 Å². The van der Waals surface area contributed by atoms with E-state index in [0.717, 1.165) is 6.92 Å². The van der Waals surface area contributed by atoms with Gasteiger partial charge in [0, 0.05) is 23.7 Å². The van der Waals surface area contributed by atoms with E-state index in [4.69, 9.17) is 25.2 Å². The van der Waals surface area contributed by atoms with Crippen molar-refractivity contribution in [2.24, 2.45) is 17.0 Å². The Labute approximate surface area is 152 Å². The maximum Gasteiger partial charge on any atom is 0.303 e. The van der Waals surface area contributed by atoms with Gasteiger partial charge < -0.3 is 30.1 Å². The number of nitrogens with one attached hydrogen (secondary N) is 1. The van der Waals surface area contributed by atoms with Crippen LogP contribution in [0, 0.1) is 11.8 Å². The van der Waals surface area contributed by atoms with Crippen LogP contribution < -0.4 is 5.32 Å². The lowest BCUT2D eigenvalue weighted by Gasteiger charge is -2.44. The predicted molar refractivity (Wildman–Crippen MR) is 84.9 cm³/mol. The third-order valence-corrected chi connectivity index (χ3v) is 3.99. The van der Waals surface area contributed by atoms with E-state index in [2.05, 4.69) is 15.3 Å². The van der Waals surface area contributed by atoms with Crippen LogP contribution in [0.1, 0.15) is 19.8 Å². The molecule has 1 fully saturated rings. The van der Waals surface area contributed by atoms with Crippen LogP contribution in [0.5, 0.6) is 0 Å². The highest BCUT2D eigenvalue weighted by Crippen LogP contribution is 2.35. The van der Waals surface area contributed by atoms with Crippen LogP contribution in [0.2, 0.25) is 0 Å². The van der Waals surface area contributed by atoms with Gasteiger partial charge in [-0.3, -0.25) is 19.2 Å². The van der Waals surface area contributed by atoms with Crippen molar-refractivity contribution in [1.29, 1.82) is 0 Å². The number of carboxylic acid groups (broad SMARTS) is 2. The molecule has 0 aliphatic carbocycles. The zero-order chi connectivity index (χ0) is 20.6. The number of aliphatic hydroxyl groups excluding tert-OH is 1. The summed E-state index contributed by atoms with van der Waals surface area (Å²) in [6.45, 7) is 0.138. The van der Waals surface area contributed by atoms with E-state index >= 15 is 0 Å². The van der Waals surface area contributed by atoms with Crippen molar-refractivity contribution in [3.8, 4) is 0 Å². The number of ether oxygens (including phenoxy) is 2. The number of aliphatic hydroxyl groups is 1. The van der Waals surface area contributed by atoms with Gasteiger partial charge in [0.15, 0.2) is 6.29 Å². The van der Waals surface area contributed by atoms with E-state index in [9.17, 15) is 24.3 Å². The number of amides is 1. The van der Waals surface area contributed by atoms with Crippen LogP contribution in [0.15, 0.2) is 5.11 Å². The van der Waals surface area contributed by atoms with Gasteiger partial charge in [-0.2, -0.15) is 0 Å². The second-order valence-electron chi connectivity index (χ2n) is 5.87. The third-order valence-electron chi connectivity index (χ3n) is 3.99. The normalized spacial score (nSPS) is 27.1. The molecule has 13 heteroatoms. The van der Waals surface area contributed by atoms with Gasteiger partial charge >= 0.3 is 17.9 Å². The molecule has 1 rings (SSSR count). The summed E-state index contributed by atoms with van der Waals surface area (Å²) < 4.78 is 10.1. The van der Waals surface area contributed by atoms with Crippen molar-refractivity contribution in [2.45, 2.75) is 38.2 Å². The van der Waals surface area contributed by atoms with Gasteiger partial charge in [-0.15, -0.1) is 0 Å². The highest BCUT2D eigenvalue weighted by atomic mass is 16.6. The Bertz CT molecular complexity index is 634. The van der Waals surface area contributed by atoms with Gasteiger partial charge in [0.05, 0.1) is 25.0 Å². The smallest absolute Gasteiger partial charge is 0.303 e. The predicted octanol–water partition coefficient (Wildman–Crippen LogP) is -0.756. The first kappa shape index (κ1) is 22.2. The van der Waals surface area contributed by atoms with Crippen LogP contribution in [-0.4, -0.2) is 70.7 Å². The Morgan fingerprint density at radius 1 is 1.19 bits per heavy atom. The number of carbonyl (C=O) groups excluding carboxylic acids is 2. The highest BCUT2D eigenvalue weighted by molar-refractivity contribution is 5.78. The molecule has 0 unspecified atom stereocenters. The van der Waals surface area contributed by atoms with Crippen molar-refractivity contribution in [2.75, 3.05) is 13.2 Å². The van der Waals surface area contributed by atoms with Gasteiger partial charge in [0.1, 0.15) is 13.2 Å². The van der Waals surface area contributed by atoms with E-state index in [1.165, 1.54) is 0 Å². The molecule has 27 heavy (non-hydrogen) atoms. The molecule has 0 aromatic heterocycles. The first-order valence-corrected chi connectivity index (χ1v) is 7.86. The molecule has 0 saturated carbocycles. The lowest BCUT2D eigenvalue weighted by Crippen LogP contribution is -2.60. The first-order valence-electron chi connectivity index (χ1n) is 7.86. The summed E-state index contributed by atoms with van der Waals surface area (Å²) in [5, 5.41) is 33.9. The molecule has 4 N–H and O–H groups in total. The molecule has 1 saturated heterocycles. The largest absolute Gasteiger partial charge is 0.481 e. The minimum Gasteiger partial charge on any atom is -0.481 e. The van der Waals surface area contributed by atoms with Crippen LogP contribution in [0.4, 0.5) is 0 Å². The SMILES string of the molecule is CC(=O)OC[C@@H]1O[C@@H](O)[C@@H](NC(=O)CN=[N+]=[N-])[C@H](CC(=O)O)[C@@H]1CC(=O)O. The van der Waals surface area contributed by atoms with Gasteiger partial charge in [-0.1, -0.05) is 5.11 Å². The third kappa shape index (κ3) is 7.09. The second-order valence-corrected chi connectivity index (χ2v) is 5.87. The maximum absolute atomic E-state index is 11.8. The molecule has 1 aliphatic rings. The van der Waals surface area contributed by atoms with E-state index in [0.29, 0.717) is 0 Å². The Balaban J connectivity index is 3.12. The van der Waals surface area contributed by atoms with Crippen LogP contribution >= 0.6 is 0 Å². The molecule has 5 atom stereocenters. The number of esters is 1. The molecular weight excluding hydrogens is 368 g/mol. The zero-order valence-corrected chi connectivity index (χ0v) is 14.3. The summed E-state index contributed by atoms with van der Waals surface area (Å²) in [4.78, 5) is 47.7. The number of azide groups is 1. The molecule has 1 amide bonds. The van der Waals surface area contributed by atoms with Crippen molar-refractivity contribution in [3.63, 3.8) is 0 Å². The molecule has 150 valence electrons. The standard InChI is InChI=1S/C14H20N4O9/c1-6(19)26-5-9-7(2-11(21)22)8(3-12(23)24)13(14(25)27-9)17-10(20)4-16-18-15/h7-9,13-14,25H,2-5H2,1H3,(H,17,20)(H,21,22)(H,23,24)/t7-,8+,9-,13-,14+/m0/s1. The number of nitrogens with zero attached hydrogens (tertiary/aromatic N) is 3. The van der Waals surface area contributed by atoms with Crippen molar-refractivity contribution >= 4 is 23.8 Å². The first-order chi connectivity index (χ1) is 12.6. The van der Waals surface area contributed by atoms with E-state index in [-0.39, 0.29) is 6.61 Å². The summed E-state index contributed by atoms with van der Waals surface area (Å²) >= 11 is 0. The van der Waals surface area contributed by atoms with Gasteiger partial charge in [0.25, 0.3) is 0 Å². The van der Waals surface area contributed by atoms with Crippen molar-refractivity contribution in [3.05, 3.63) is 10.4 Å². The Kier molecular flexibility index (Phi) is 8.45. The zero-order valence-electron chi connectivity index (χ0n) is 14.3. The molecule has 0 aromatic rings. The minimum atomic E-state index is -1.69. The molecule has 0 aromatic carbocycles. The van der Waals surface area contributed by atoms with E-state index < -0.39 is 73.5 Å². The summed E-state index contributed by atoms with van der Waals surface area (Å²) in [6.07, 6.45) is -3.90. The fourth-order valence-electron chi connectivity index (χ4n) is 2.95.